The lowest BCUT2D eigenvalue weighted by Crippen LogP contribution is -2.07. The van der Waals surface area contributed by atoms with Crippen LogP contribution < -0.4 is 4.74 Å². The number of benzene rings is 1. The molecule has 5 heteroatoms. The molecule has 0 bridgehead atoms. The minimum Gasteiger partial charge on any atom is -0.496 e. The van der Waals surface area contributed by atoms with E-state index in [0.29, 0.717) is 4.77 Å². The van der Waals surface area contributed by atoms with E-state index >= 15 is 0 Å². The van der Waals surface area contributed by atoms with E-state index in [1.165, 1.54) is 5.56 Å². The molecule has 0 aliphatic rings. The Hall–Kier alpha value is -1.62. The quantitative estimate of drug-likeness (QED) is 0.825. The van der Waals surface area contributed by atoms with Gasteiger partial charge in [-0.3, -0.25) is 5.10 Å². The maximum atomic E-state index is 5.36. The predicted octanol–water partition coefficient (Wildman–Crippen LogP) is 3.14. The summed E-state index contributed by atoms with van der Waals surface area (Å²) in [5, 5.41) is 7.15. The van der Waals surface area contributed by atoms with Crippen LogP contribution in [0.25, 0.3) is 0 Å². The van der Waals surface area contributed by atoms with Crippen molar-refractivity contribution in [2.45, 2.75) is 32.7 Å². The second-order valence-corrected chi connectivity index (χ2v) is 4.80. The van der Waals surface area contributed by atoms with E-state index in [9.17, 15) is 0 Å². The first kappa shape index (κ1) is 13.8. The van der Waals surface area contributed by atoms with Gasteiger partial charge < -0.3 is 9.30 Å². The van der Waals surface area contributed by atoms with E-state index in [1.807, 2.05) is 18.2 Å². The predicted molar refractivity (Wildman–Crippen MR) is 78.1 cm³/mol. The third-order valence-corrected chi connectivity index (χ3v) is 3.42. The minimum atomic E-state index is 0.693. The first-order valence-corrected chi connectivity index (χ1v) is 6.93. The zero-order chi connectivity index (χ0) is 13.7. The number of hydrogen-bond acceptors (Lipinski definition) is 3. The van der Waals surface area contributed by atoms with Crippen molar-refractivity contribution in [2.75, 3.05) is 7.11 Å². The van der Waals surface area contributed by atoms with Crippen LogP contribution in [0.3, 0.4) is 0 Å². The molecule has 2 rings (SSSR count). The molecule has 0 aliphatic carbocycles. The third-order valence-electron chi connectivity index (χ3n) is 3.11. The summed E-state index contributed by atoms with van der Waals surface area (Å²) in [6.07, 6.45) is 2.89. The van der Waals surface area contributed by atoms with Crippen molar-refractivity contribution < 1.29 is 4.74 Å². The summed E-state index contributed by atoms with van der Waals surface area (Å²) in [6.45, 7) is 2.97. The molecule has 0 spiro atoms. The van der Waals surface area contributed by atoms with Gasteiger partial charge in [-0.05, 0) is 36.7 Å². The molecule has 0 saturated carbocycles. The third kappa shape index (κ3) is 3.23. The van der Waals surface area contributed by atoms with E-state index in [1.54, 1.807) is 7.11 Å². The second-order valence-electron chi connectivity index (χ2n) is 4.41. The van der Waals surface area contributed by atoms with Crippen LogP contribution in [0.1, 0.15) is 24.7 Å². The standard InChI is InChI=1S/C14H19N3OS/c1-3-6-13-15-16-14(19)17(13)10-9-11-7-4-5-8-12(11)18-2/h4-5,7-8H,3,6,9-10H2,1-2H3,(H,16,19). The summed E-state index contributed by atoms with van der Waals surface area (Å²) >= 11 is 5.28. The smallest absolute Gasteiger partial charge is 0.195 e. The Balaban J connectivity index is 2.14. The molecule has 19 heavy (non-hydrogen) atoms. The fourth-order valence-electron chi connectivity index (χ4n) is 2.14. The van der Waals surface area contributed by atoms with E-state index in [0.717, 1.165) is 37.4 Å². The minimum absolute atomic E-state index is 0.693. The fraction of sp³-hybridized carbons (Fsp3) is 0.429. The average molecular weight is 277 g/mol. The van der Waals surface area contributed by atoms with Gasteiger partial charge in [-0.2, -0.15) is 5.10 Å². The number of H-pyrrole nitrogens is 1. The van der Waals surface area contributed by atoms with Gasteiger partial charge in [0.1, 0.15) is 11.6 Å². The molecule has 1 aromatic carbocycles. The number of aromatic amines is 1. The van der Waals surface area contributed by atoms with E-state index in [4.69, 9.17) is 17.0 Å². The lowest BCUT2D eigenvalue weighted by atomic mass is 10.1. The van der Waals surface area contributed by atoms with Crippen LogP contribution in [0, 0.1) is 4.77 Å². The number of methoxy groups -OCH3 is 1. The van der Waals surface area contributed by atoms with Gasteiger partial charge in [-0.25, -0.2) is 0 Å². The van der Waals surface area contributed by atoms with Crippen LogP contribution in [0.5, 0.6) is 5.75 Å². The molecule has 0 fully saturated rings. The molecule has 0 aliphatic heterocycles. The monoisotopic (exact) mass is 277 g/mol. The van der Waals surface area contributed by atoms with Crippen LogP contribution >= 0.6 is 12.2 Å². The van der Waals surface area contributed by atoms with Crippen LogP contribution in [0.15, 0.2) is 24.3 Å². The number of ether oxygens (including phenoxy) is 1. The van der Waals surface area contributed by atoms with Gasteiger partial charge in [0.05, 0.1) is 7.11 Å². The number of rotatable bonds is 6. The number of nitrogens with one attached hydrogen (secondary N) is 1. The van der Waals surface area contributed by atoms with Crippen molar-refractivity contribution in [3.05, 3.63) is 40.4 Å². The van der Waals surface area contributed by atoms with Crippen LogP contribution in [0.4, 0.5) is 0 Å². The number of aromatic nitrogens is 3. The van der Waals surface area contributed by atoms with Crippen molar-refractivity contribution in [1.82, 2.24) is 14.8 Å². The topological polar surface area (TPSA) is 42.8 Å². The molecule has 4 nitrogen and oxygen atoms in total. The zero-order valence-electron chi connectivity index (χ0n) is 11.3. The van der Waals surface area contributed by atoms with Crippen molar-refractivity contribution >= 4 is 12.2 Å². The average Bonchev–Trinajstić information content (AvgIpc) is 2.78. The summed E-state index contributed by atoms with van der Waals surface area (Å²) in [5.41, 5.74) is 1.19. The second kappa shape index (κ2) is 6.52. The number of para-hydroxylation sites is 1. The van der Waals surface area contributed by atoms with Gasteiger partial charge >= 0.3 is 0 Å². The van der Waals surface area contributed by atoms with Gasteiger partial charge in [0.25, 0.3) is 0 Å². The van der Waals surface area contributed by atoms with E-state index < -0.39 is 0 Å². The van der Waals surface area contributed by atoms with Crippen molar-refractivity contribution in [3.63, 3.8) is 0 Å². The highest BCUT2D eigenvalue weighted by Gasteiger charge is 2.07. The molecule has 0 atom stereocenters. The van der Waals surface area contributed by atoms with Gasteiger partial charge in [-0.15, -0.1) is 0 Å². The molecule has 0 amide bonds. The van der Waals surface area contributed by atoms with Crippen molar-refractivity contribution in [2.24, 2.45) is 0 Å². The highest BCUT2D eigenvalue weighted by atomic mass is 32.1. The van der Waals surface area contributed by atoms with Gasteiger partial charge in [-0.1, -0.05) is 25.1 Å². The Morgan fingerprint density at radius 3 is 2.84 bits per heavy atom. The van der Waals surface area contributed by atoms with Gasteiger partial charge in [0.15, 0.2) is 4.77 Å². The Labute approximate surface area is 118 Å². The Kier molecular flexibility index (Phi) is 4.74. The maximum absolute atomic E-state index is 5.36. The zero-order valence-corrected chi connectivity index (χ0v) is 12.2. The highest BCUT2D eigenvalue weighted by molar-refractivity contribution is 7.71. The molecular weight excluding hydrogens is 258 g/mol. The largest absolute Gasteiger partial charge is 0.496 e. The lowest BCUT2D eigenvalue weighted by Gasteiger charge is -2.09. The maximum Gasteiger partial charge on any atom is 0.195 e. The van der Waals surface area contributed by atoms with Gasteiger partial charge in [0.2, 0.25) is 0 Å². The molecule has 0 radical (unpaired) electrons. The highest BCUT2D eigenvalue weighted by Crippen LogP contribution is 2.18. The van der Waals surface area contributed by atoms with Crippen LogP contribution in [-0.4, -0.2) is 21.9 Å². The number of aryl methyl sites for hydroxylation is 2. The molecule has 0 unspecified atom stereocenters. The summed E-state index contributed by atoms with van der Waals surface area (Å²) in [6, 6.07) is 8.08. The SMILES string of the molecule is CCCc1n[nH]c(=S)n1CCc1ccccc1OC. The Morgan fingerprint density at radius 1 is 1.32 bits per heavy atom. The normalized spacial score (nSPS) is 10.6. The molecule has 1 N–H and O–H groups in total. The van der Waals surface area contributed by atoms with Crippen LogP contribution in [-0.2, 0) is 19.4 Å². The van der Waals surface area contributed by atoms with Crippen LogP contribution in [0.2, 0.25) is 0 Å². The summed E-state index contributed by atoms with van der Waals surface area (Å²) < 4.78 is 8.13. The fourth-order valence-corrected chi connectivity index (χ4v) is 2.38. The summed E-state index contributed by atoms with van der Waals surface area (Å²) in [7, 11) is 1.70. The first-order chi connectivity index (χ1) is 9.26. The van der Waals surface area contributed by atoms with E-state index in [2.05, 4.69) is 27.8 Å². The Morgan fingerprint density at radius 2 is 2.11 bits per heavy atom. The van der Waals surface area contributed by atoms with Crippen molar-refractivity contribution in [1.29, 1.82) is 0 Å². The first-order valence-electron chi connectivity index (χ1n) is 6.52. The molecular formula is C14H19N3OS. The molecule has 2 aromatic rings. The molecule has 1 aromatic heterocycles. The molecule has 0 saturated heterocycles. The number of nitrogens with zero attached hydrogens (tertiary/aromatic N) is 2. The Bertz CT molecular complexity index is 588. The molecule has 1 heterocycles. The van der Waals surface area contributed by atoms with E-state index in [-0.39, 0.29) is 0 Å². The number of hydrogen-bond donors (Lipinski definition) is 1. The summed E-state index contributed by atoms with van der Waals surface area (Å²) in [4.78, 5) is 0. The van der Waals surface area contributed by atoms with Gasteiger partial charge in [0, 0.05) is 13.0 Å². The van der Waals surface area contributed by atoms with Crippen molar-refractivity contribution in [3.8, 4) is 5.75 Å². The summed E-state index contributed by atoms with van der Waals surface area (Å²) in [5.74, 6) is 1.96. The molecule has 102 valence electrons. The lowest BCUT2D eigenvalue weighted by molar-refractivity contribution is 0.408.